The largest absolute Gasteiger partial charge is 0.356 e. The first-order valence-corrected chi connectivity index (χ1v) is 7.79. The van der Waals surface area contributed by atoms with Gasteiger partial charge in [-0.15, -0.1) is 24.0 Å². The molecule has 3 rings (SSSR count). The van der Waals surface area contributed by atoms with Gasteiger partial charge in [0.05, 0.1) is 0 Å². The van der Waals surface area contributed by atoms with Crippen molar-refractivity contribution in [2.45, 2.75) is 32.2 Å². The van der Waals surface area contributed by atoms with Crippen molar-refractivity contribution in [1.29, 1.82) is 0 Å². The second-order valence-electron chi connectivity index (χ2n) is 6.52. The molecule has 0 saturated heterocycles. The fourth-order valence-corrected chi connectivity index (χ4v) is 3.16. The first kappa shape index (κ1) is 17.5. The van der Waals surface area contributed by atoms with Crippen molar-refractivity contribution in [2.24, 2.45) is 16.3 Å². The zero-order chi connectivity index (χ0) is 14.9. The summed E-state index contributed by atoms with van der Waals surface area (Å²) in [4.78, 5) is 6.46. The second-order valence-corrected chi connectivity index (χ2v) is 6.52. The average molecular weight is 417 g/mol. The molecule has 2 aliphatic carbocycles. The van der Waals surface area contributed by atoms with Crippen molar-refractivity contribution in [3.05, 3.63) is 35.6 Å². The molecule has 0 unspecified atom stereocenters. The van der Waals surface area contributed by atoms with Crippen LogP contribution in [0.15, 0.2) is 29.3 Å². The number of halogens is 2. The molecule has 22 heavy (non-hydrogen) atoms. The third-order valence-corrected chi connectivity index (χ3v) is 4.84. The number of nitrogens with zero attached hydrogens (tertiary/aromatic N) is 2. The molecular weight excluding hydrogens is 392 g/mol. The van der Waals surface area contributed by atoms with Crippen LogP contribution in [0.2, 0.25) is 0 Å². The molecule has 0 radical (unpaired) electrons. The number of hydrogen-bond acceptors (Lipinski definition) is 1. The fourth-order valence-electron chi connectivity index (χ4n) is 3.16. The molecule has 2 saturated carbocycles. The molecule has 2 fully saturated rings. The minimum absolute atomic E-state index is 0. The Morgan fingerprint density at radius 3 is 2.45 bits per heavy atom. The van der Waals surface area contributed by atoms with Gasteiger partial charge in [0, 0.05) is 27.2 Å². The smallest absolute Gasteiger partial charge is 0.193 e. The van der Waals surface area contributed by atoms with Gasteiger partial charge in [-0.1, -0.05) is 12.1 Å². The van der Waals surface area contributed by atoms with E-state index in [0.717, 1.165) is 30.5 Å². The molecule has 0 bridgehead atoms. The lowest BCUT2D eigenvalue weighted by Gasteiger charge is -2.24. The van der Waals surface area contributed by atoms with Gasteiger partial charge in [0.2, 0.25) is 0 Å². The quantitative estimate of drug-likeness (QED) is 0.450. The number of guanidine groups is 1. The summed E-state index contributed by atoms with van der Waals surface area (Å²) in [5, 5.41) is 3.53. The van der Waals surface area contributed by atoms with E-state index in [0.29, 0.717) is 5.41 Å². The first-order valence-electron chi connectivity index (χ1n) is 7.79. The highest BCUT2D eigenvalue weighted by atomic mass is 127. The van der Waals surface area contributed by atoms with E-state index < -0.39 is 0 Å². The van der Waals surface area contributed by atoms with Crippen molar-refractivity contribution in [3.63, 3.8) is 0 Å². The Kier molecular flexibility index (Phi) is 5.69. The summed E-state index contributed by atoms with van der Waals surface area (Å²) in [6, 6.07) is 6.66. The van der Waals surface area contributed by atoms with E-state index >= 15 is 0 Å². The molecule has 0 amide bonds. The van der Waals surface area contributed by atoms with Crippen LogP contribution < -0.4 is 5.32 Å². The summed E-state index contributed by atoms with van der Waals surface area (Å²) in [5.41, 5.74) is 1.65. The van der Waals surface area contributed by atoms with Gasteiger partial charge in [-0.3, -0.25) is 4.99 Å². The molecule has 1 aromatic carbocycles. The zero-order valence-corrected chi connectivity index (χ0v) is 15.6. The molecule has 0 aliphatic heterocycles. The maximum Gasteiger partial charge on any atom is 0.193 e. The van der Waals surface area contributed by atoms with Crippen molar-refractivity contribution < 1.29 is 4.39 Å². The SMILES string of the molecule is CN=C(NCC1(C2CC2)CC1)N(C)Cc1ccc(F)cc1.I. The zero-order valence-electron chi connectivity index (χ0n) is 13.3. The average Bonchev–Trinajstić information content (AvgIpc) is 3.35. The van der Waals surface area contributed by atoms with Crippen LogP contribution in [-0.4, -0.2) is 31.5 Å². The lowest BCUT2D eigenvalue weighted by Crippen LogP contribution is -2.41. The van der Waals surface area contributed by atoms with Crippen LogP contribution in [0.1, 0.15) is 31.2 Å². The highest BCUT2D eigenvalue weighted by Crippen LogP contribution is 2.60. The van der Waals surface area contributed by atoms with Crippen LogP contribution in [0.25, 0.3) is 0 Å². The summed E-state index contributed by atoms with van der Waals surface area (Å²) >= 11 is 0. The summed E-state index contributed by atoms with van der Waals surface area (Å²) in [5.74, 6) is 1.68. The van der Waals surface area contributed by atoms with Crippen molar-refractivity contribution in [1.82, 2.24) is 10.2 Å². The van der Waals surface area contributed by atoms with Crippen molar-refractivity contribution >= 4 is 29.9 Å². The number of rotatable bonds is 5. The van der Waals surface area contributed by atoms with Gasteiger partial charge in [0.15, 0.2) is 5.96 Å². The lowest BCUT2D eigenvalue weighted by atomic mass is 10.0. The molecule has 122 valence electrons. The van der Waals surface area contributed by atoms with Gasteiger partial charge in [0.25, 0.3) is 0 Å². The summed E-state index contributed by atoms with van der Waals surface area (Å²) in [6.07, 6.45) is 5.55. The minimum Gasteiger partial charge on any atom is -0.356 e. The maximum absolute atomic E-state index is 12.9. The molecule has 1 N–H and O–H groups in total. The molecule has 0 heterocycles. The number of benzene rings is 1. The Hall–Kier alpha value is -0.850. The standard InChI is InChI=1S/C17H24FN3.HI/c1-19-16(20-12-17(9-10-17)14-5-6-14)21(2)11-13-3-7-15(18)8-4-13;/h3-4,7-8,14H,5-6,9-12H2,1-2H3,(H,19,20);1H. The molecule has 2 aliphatic rings. The lowest BCUT2D eigenvalue weighted by molar-refractivity contribution is 0.409. The van der Waals surface area contributed by atoms with E-state index in [4.69, 9.17) is 0 Å². The van der Waals surface area contributed by atoms with E-state index in [2.05, 4.69) is 15.2 Å². The Balaban J connectivity index is 0.00000176. The van der Waals surface area contributed by atoms with E-state index in [9.17, 15) is 4.39 Å². The highest BCUT2D eigenvalue weighted by molar-refractivity contribution is 14.0. The van der Waals surface area contributed by atoms with Crippen LogP contribution in [-0.2, 0) is 6.54 Å². The Bertz CT molecular complexity index is 521. The van der Waals surface area contributed by atoms with Crippen molar-refractivity contribution in [2.75, 3.05) is 20.6 Å². The van der Waals surface area contributed by atoms with Gasteiger partial charge >= 0.3 is 0 Å². The Morgan fingerprint density at radius 2 is 1.95 bits per heavy atom. The van der Waals surface area contributed by atoms with Gasteiger partial charge in [0.1, 0.15) is 5.82 Å². The Morgan fingerprint density at radius 1 is 1.32 bits per heavy atom. The van der Waals surface area contributed by atoms with E-state index in [1.54, 1.807) is 0 Å². The summed E-state index contributed by atoms with van der Waals surface area (Å²) in [6.45, 7) is 1.77. The summed E-state index contributed by atoms with van der Waals surface area (Å²) < 4.78 is 12.9. The highest BCUT2D eigenvalue weighted by Gasteiger charge is 2.53. The summed E-state index contributed by atoms with van der Waals surface area (Å²) in [7, 11) is 3.84. The number of nitrogens with one attached hydrogen (secondary N) is 1. The normalized spacial score (nSPS) is 19.3. The van der Waals surface area contributed by atoms with E-state index in [-0.39, 0.29) is 29.8 Å². The first-order chi connectivity index (χ1) is 10.1. The predicted octanol–water partition coefficient (Wildman–Crippen LogP) is 3.64. The Labute approximate surface area is 149 Å². The number of hydrogen-bond donors (Lipinski definition) is 1. The second kappa shape index (κ2) is 7.15. The van der Waals surface area contributed by atoms with Crippen LogP contribution in [0, 0.1) is 17.2 Å². The topological polar surface area (TPSA) is 27.6 Å². The van der Waals surface area contributed by atoms with Gasteiger partial charge in [-0.25, -0.2) is 4.39 Å². The fraction of sp³-hybridized carbons (Fsp3) is 0.588. The van der Waals surface area contributed by atoms with Gasteiger partial charge in [-0.05, 0) is 54.7 Å². The van der Waals surface area contributed by atoms with E-state index in [1.807, 2.05) is 26.2 Å². The number of aliphatic imine (C=N–C) groups is 1. The van der Waals surface area contributed by atoms with Crippen LogP contribution >= 0.6 is 24.0 Å². The molecular formula is C17H25FIN3. The van der Waals surface area contributed by atoms with E-state index in [1.165, 1.54) is 37.8 Å². The molecule has 5 heteroatoms. The van der Waals surface area contributed by atoms with Gasteiger partial charge < -0.3 is 10.2 Å². The monoisotopic (exact) mass is 417 g/mol. The third-order valence-electron chi connectivity index (χ3n) is 4.84. The molecule has 0 aromatic heterocycles. The molecule has 0 spiro atoms. The third kappa shape index (κ3) is 4.12. The predicted molar refractivity (Wildman–Crippen MR) is 99.0 cm³/mol. The van der Waals surface area contributed by atoms with Crippen LogP contribution in [0.4, 0.5) is 4.39 Å². The molecule has 3 nitrogen and oxygen atoms in total. The molecule has 1 aromatic rings. The van der Waals surface area contributed by atoms with Crippen LogP contribution in [0.5, 0.6) is 0 Å². The maximum atomic E-state index is 12.9. The minimum atomic E-state index is -0.191. The molecule has 0 atom stereocenters. The van der Waals surface area contributed by atoms with Gasteiger partial charge in [-0.2, -0.15) is 0 Å². The van der Waals surface area contributed by atoms with Crippen molar-refractivity contribution in [3.8, 4) is 0 Å². The van der Waals surface area contributed by atoms with Crippen LogP contribution in [0.3, 0.4) is 0 Å².